The minimum Gasteiger partial charge on any atom is -0.369 e. The van der Waals surface area contributed by atoms with E-state index in [2.05, 4.69) is 80.3 Å². The number of hydrogen-bond acceptors (Lipinski definition) is 5. The summed E-state index contributed by atoms with van der Waals surface area (Å²) in [5.41, 5.74) is 7.94. The summed E-state index contributed by atoms with van der Waals surface area (Å²) in [6, 6.07) is 5.33. The van der Waals surface area contributed by atoms with Gasteiger partial charge < -0.3 is 14.8 Å². The number of benzene rings is 1. The van der Waals surface area contributed by atoms with Gasteiger partial charge in [0.25, 0.3) is 0 Å². The number of nitrogens with one attached hydrogen (secondary N) is 1. The number of fused-ring (bicyclic) bond motifs is 1. The third-order valence-corrected chi connectivity index (χ3v) is 7.78. The number of hydrogen-bond donors (Lipinski definition) is 1. The fourth-order valence-electron chi connectivity index (χ4n) is 5.27. The van der Waals surface area contributed by atoms with Crippen molar-refractivity contribution in [1.29, 1.82) is 0 Å². The molecule has 3 aromatic rings. The van der Waals surface area contributed by atoms with Crippen LogP contribution in [0.3, 0.4) is 0 Å². The molecule has 0 atom stereocenters. The summed E-state index contributed by atoms with van der Waals surface area (Å²) in [6.45, 7) is 11.5. The van der Waals surface area contributed by atoms with Crippen molar-refractivity contribution in [3.63, 3.8) is 0 Å². The van der Waals surface area contributed by atoms with Gasteiger partial charge in [0.05, 0.1) is 15.5 Å². The van der Waals surface area contributed by atoms with Crippen molar-refractivity contribution in [2.45, 2.75) is 32.7 Å². The van der Waals surface area contributed by atoms with Gasteiger partial charge in [0.1, 0.15) is 5.52 Å². The van der Waals surface area contributed by atoms with Crippen LogP contribution in [0.1, 0.15) is 24.0 Å². The van der Waals surface area contributed by atoms with Crippen LogP contribution in [0.5, 0.6) is 0 Å². The molecule has 1 N–H and O–H groups in total. The molecule has 2 fully saturated rings. The van der Waals surface area contributed by atoms with Gasteiger partial charge in [-0.3, -0.25) is 4.90 Å². The number of H-pyrrole nitrogens is 1. The van der Waals surface area contributed by atoms with Crippen LogP contribution >= 0.6 is 22.6 Å². The summed E-state index contributed by atoms with van der Waals surface area (Å²) in [6.07, 6.45) is 6.46. The van der Waals surface area contributed by atoms with Crippen molar-refractivity contribution in [2.24, 2.45) is 0 Å². The number of halogens is 1. The van der Waals surface area contributed by atoms with Crippen LogP contribution in [-0.2, 0) is 0 Å². The van der Waals surface area contributed by atoms with Gasteiger partial charge in [0, 0.05) is 49.7 Å². The van der Waals surface area contributed by atoms with Crippen LogP contribution in [0.15, 0.2) is 24.5 Å². The van der Waals surface area contributed by atoms with Crippen molar-refractivity contribution >= 4 is 39.4 Å². The van der Waals surface area contributed by atoms with E-state index in [1.54, 1.807) is 0 Å². The van der Waals surface area contributed by atoms with E-state index in [9.17, 15) is 0 Å². The molecule has 2 saturated heterocycles. The van der Waals surface area contributed by atoms with E-state index in [0.29, 0.717) is 0 Å². The molecule has 0 aliphatic carbocycles. The lowest BCUT2D eigenvalue weighted by Crippen LogP contribution is -2.53. The van der Waals surface area contributed by atoms with E-state index in [1.807, 2.05) is 12.4 Å². The first kappa shape index (κ1) is 21.2. The minimum absolute atomic E-state index is 0.771. The molecule has 0 saturated carbocycles. The first-order valence-electron chi connectivity index (χ1n) is 11.3. The number of likely N-dealkylation sites (tertiary alicyclic amines) is 1. The van der Waals surface area contributed by atoms with E-state index in [-0.39, 0.29) is 0 Å². The zero-order valence-electron chi connectivity index (χ0n) is 18.7. The Morgan fingerprint density at radius 1 is 1.00 bits per heavy atom. The molecule has 0 amide bonds. The van der Waals surface area contributed by atoms with Crippen LogP contribution in [-0.4, -0.2) is 77.1 Å². The maximum absolute atomic E-state index is 4.87. The summed E-state index contributed by atoms with van der Waals surface area (Å²) in [5.74, 6) is 0. The Balaban J connectivity index is 1.33. The summed E-state index contributed by atoms with van der Waals surface area (Å²) >= 11 is 2.31. The molecule has 2 aromatic heterocycles. The summed E-state index contributed by atoms with van der Waals surface area (Å²) in [4.78, 5) is 20.4. The van der Waals surface area contributed by atoms with Crippen molar-refractivity contribution in [3.05, 3.63) is 39.2 Å². The Morgan fingerprint density at radius 2 is 1.68 bits per heavy atom. The molecule has 2 aliphatic heterocycles. The monoisotopic (exact) mass is 530 g/mol. The number of aryl methyl sites for hydroxylation is 2. The van der Waals surface area contributed by atoms with Gasteiger partial charge in [0.15, 0.2) is 5.65 Å². The van der Waals surface area contributed by atoms with Crippen LogP contribution in [0, 0.1) is 17.4 Å². The molecule has 0 spiro atoms. The standard InChI is InChI=1S/C24H31IN6/c1-16-12-18(21-15-27-24-22(28-21)20(25)14-26-24)13-17(2)23(16)31-10-8-30(9-11-31)19-4-6-29(3)7-5-19/h12-15,19H,4-11H2,1-3H3,(H,26,27). The minimum atomic E-state index is 0.771. The molecule has 5 rings (SSSR count). The molecule has 164 valence electrons. The van der Waals surface area contributed by atoms with Gasteiger partial charge >= 0.3 is 0 Å². The lowest BCUT2D eigenvalue weighted by molar-refractivity contribution is 0.115. The van der Waals surface area contributed by atoms with E-state index >= 15 is 0 Å². The maximum atomic E-state index is 4.87. The predicted octanol–water partition coefficient (Wildman–Crippen LogP) is 4.06. The Hall–Kier alpha value is -1.71. The molecule has 4 heterocycles. The lowest BCUT2D eigenvalue weighted by Gasteiger charge is -2.43. The normalized spacial score (nSPS) is 19.4. The largest absolute Gasteiger partial charge is 0.369 e. The number of piperazine rings is 1. The van der Waals surface area contributed by atoms with Crippen molar-refractivity contribution in [2.75, 3.05) is 51.2 Å². The summed E-state index contributed by atoms with van der Waals surface area (Å²) in [7, 11) is 2.24. The van der Waals surface area contributed by atoms with E-state index in [0.717, 1.165) is 45.1 Å². The predicted molar refractivity (Wildman–Crippen MR) is 136 cm³/mol. The average molecular weight is 530 g/mol. The van der Waals surface area contributed by atoms with Crippen molar-refractivity contribution in [3.8, 4) is 11.3 Å². The molecule has 0 bridgehead atoms. The molecule has 0 unspecified atom stereocenters. The Bertz CT molecular complexity index is 1050. The molecule has 0 radical (unpaired) electrons. The Kier molecular flexibility index (Phi) is 5.92. The van der Waals surface area contributed by atoms with Crippen molar-refractivity contribution in [1.82, 2.24) is 24.8 Å². The lowest BCUT2D eigenvalue weighted by atomic mass is 10.00. The molecule has 31 heavy (non-hydrogen) atoms. The molecule has 7 heteroatoms. The second-order valence-electron chi connectivity index (χ2n) is 9.11. The maximum Gasteiger partial charge on any atom is 0.157 e. The van der Waals surface area contributed by atoms with Gasteiger partial charge in [-0.1, -0.05) is 0 Å². The highest BCUT2D eigenvalue weighted by molar-refractivity contribution is 14.1. The number of nitrogens with zero attached hydrogens (tertiary/aromatic N) is 5. The fraction of sp³-hybridized carbons (Fsp3) is 0.500. The molecular formula is C24H31IN6. The van der Waals surface area contributed by atoms with Gasteiger partial charge in [-0.2, -0.15) is 0 Å². The van der Waals surface area contributed by atoms with Crippen LogP contribution in [0.4, 0.5) is 5.69 Å². The second kappa shape index (κ2) is 8.67. The zero-order valence-corrected chi connectivity index (χ0v) is 20.8. The highest BCUT2D eigenvalue weighted by atomic mass is 127. The second-order valence-corrected chi connectivity index (χ2v) is 10.3. The number of piperidine rings is 1. The van der Waals surface area contributed by atoms with Gasteiger partial charge in [-0.05, 0) is 92.7 Å². The van der Waals surface area contributed by atoms with Crippen LogP contribution < -0.4 is 4.90 Å². The summed E-state index contributed by atoms with van der Waals surface area (Å²) < 4.78 is 1.11. The Labute approximate surface area is 198 Å². The summed E-state index contributed by atoms with van der Waals surface area (Å²) in [5, 5.41) is 0. The quantitative estimate of drug-likeness (QED) is 0.518. The number of aromatic nitrogens is 3. The topological polar surface area (TPSA) is 51.3 Å². The smallest absolute Gasteiger partial charge is 0.157 e. The average Bonchev–Trinajstić information content (AvgIpc) is 3.14. The van der Waals surface area contributed by atoms with E-state index < -0.39 is 0 Å². The fourth-order valence-corrected chi connectivity index (χ4v) is 5.81. The van der Waals surface area contributed by atoms with Gasteiger partial charge in [-0.15, -0.1) is 0 Å². The highest BCUT2D eigenvalue weighted by Gasteiger charge is 2.27. The highest BCUT2D eigenvalue weighted by Crippen LogP contribution is 2.32. The first-order chi connectivity index (χ1) is 15.0. The van der Waals surface area contributed by atoms with Crippen LogP contribution in [0.2, 0.25) is 0 Å². The third-order valence-electron chi connectivity index (χ3n) is 6.96. The number of anilines is 1. The van der Waals surface area contributed by atoms with Crippen molar-refractivity contribution < 1.29 is 0 Å². The van der Waals surface area contributed by atoms with Gasteiger partial charge in [-0.25, -0.2) is 9.97 Å². The molecule has 1 aromatic carbocycles. The first-order valence-corrected chi connectivity index (χ1v) is 12.4. The van der Waals surface area contributed by atoms with E-state index in [1.165, 1.54) is 55.8 Å². The SMILES string of the molecule is Cc1cc(-c2cnc3[nH]cc(I)c3n2)cc(C)c1N1CCN(C2CCN(C)CC2)CC1. The van der Waals surface area contributed by atoms with Gasteiger partial charge in [0.2, 0.25) is 0 Å². The molecule has 6 nitrogen and oxygen atoms in total. The van der Waals surface area contributed by atoms with Crippen LogP contribution in [0.25, 0.3) is 22.4 Å². The number of rotatable bonds is 3. The number of aromatic amines is 1. The molecular weight excluding hydrogens is 499 g/mol. The third kappa shape index (κ3) is 4.19. The molecule has 2 aliphatic rings. The Morgan fingerprint density at radius 3 is 2.35 bits per heavy atom. The zero-order chi connectivity index (χ0) is 21.5. The van der Waals surface area contributed by atoms with E-state index in [4.69, 9.17) is 4.98 Å².